The third-order valence-corrected chi connectivity index (χ3v) is 3.43. The van der Waals surface area contributed by atoms with E-state index in [1.807, 2.05) is 36.4 Å². The van der Waals surface area contributed by atoms with Crippen LogP contribution in [-0.4, -0.2) is 12.7 Å². The van der Waals surface area contributed by atoms with E-state index in [0.717, 1.165) is 11.1 Å². The molecule has 0 aromatic heterocycles. The first-order chi connectivity index (χ1) is 9.31. The Balaban J connectivity index is 2.00. The number of benzene rings is 2. The van der Waals surface area contributed by atoms with Gasteiger partial charge in [0.1, 0.15) is 6.61 Å². The number of nitrogens with zero attached hydrogens (tertiary/aromatic N) is 1. The summed E-state index contributed by atoms with van der Waals surface area (Å²) in [5, 5.41) is 2.75. The van der Waals surface area contributed by atoms with Crippen LogP contribution in [0.4, 0.5) is 4.79 Å². The van der Waals surface area contributed by atoms with Crippen LogP contribution in [-0.2, 0) is 4.74 Å². The lowest BCUT2D eigenvalue weighted by molar-refractivity contribution is 0.151. The topological polar surface area (TPSA) is 62.5 Å². The first kappa shape index (κ1) is 11.6. The van der Waals surface area contributed by atoms with Crippen molar-refractivity contribution in [3.8, 4) is 11.1 Å². The van der Waals surface area contributed by atoms with E-state index in [2.05, 4.69) is 17.2 Å². The Labute approximate surface area is 110 Å². The minimum absolute atomic E-state index is 0.0260. The summed E-state index contributed by atoms with van der Waals surface area (Å²) in [6.45, 7) is 0.217. The van der Waals surface area contributed by atoms with Crippen molar-refractivity contribution < 1.29 is 9.53 Å². The second-order valence-corrected chi connectivity index (χ2v) is 4.42. The van der Waals surface area contributed by atoms with Crippen LogP contribution in [0.1, 0.15) is 17.0 Å². The number of amides is 1. The molecule has 4 nitrogen and oxygen atoms in total. The van der Waals surface area contributed by atoms with E-state index in [0.29, 0.717) is 0 Å². The predicted molar refractivity (Wildman–Crippen MR) is 70.2 cm³/mol. The molecule has 0 saturated carbocycles. The van der Waals surface area contributed by atoms with Crippen molar-refractivity contribution >= 4 is 6.09 Å². The van der Waals surface area contributed by atoms with Crippen LogP contribution >= 0.6 is 0 Å². The summed E-state index contributed by atoms with van der Waals surface area (Å²) in [7, 11) is 0. The van der Waals surface area contributed by atoms with E-state index < -0.39 is 6.09 Å². The van der Waals surface area contributed by atoms with Crippen LogP contribution in [0.25, 0.3) is 11.1 Å². The molecule has 0 heterocycles. The lowest BCUT2D eigenvalue weighted by Crippen LogP contribution is -2.09. The predicted octanol–water partition coefficient (Wildman–Crippen LogP) is 3.97. The fourth-order valence-electron chi connectivity index (χ4n) is 2.63. The van der Waals surface area contributed by atoms with Crippen molar-refractivity contribution in [2.45, 2.75) is 5.92 Å². The second-order valence-electron chi connectivity index (χ2n) is 4.42. The lowest BCUT2D eigenvalue weighted by Gasteiger charge is -2.12. The normalized spacial score (nSPS) is 12.6. The Kier molecular flexibility index (Phi) is 2.83. The van der Waals surface area contributed by atoms with Gasteiger partial charge in [0, 0.05) is 5.92 Å². The zero-order chi connectivity index (χ0) is 13.2. The monoisotopic (exact) mass is 252 g/mol. The maximum absolute atomic E-state index is 11.0. The van der Waals surface area contributed by atoms with E-state index in [-0.39, 0.29) is 12.5 Å². The molecular weight excluding hydrogens is 240 g/mol. The summed E-state index contributed by atoms with van der Waals surface area (Å²) < 4.78 is 5.00. The Bertz CT molecular complexity index is 607. The van der Waals surface area contributed by atoms with E-state index in [1.54, 1.807) is 0 Å². The third-order valence-electron chi connectivity index (χ3n) is 3.43. The van der Waals surface area contributed by atoms with Crippen molar-refractivity contribution in [2.75, 3.05) is 6.61 Å². The molecule has 0 atom stereocenters. The zero-order valence-electron chi connectivity index (χ0n) is 10.2. The summed E-state index contributed by atoms with van der Waals surface area (Å²) in [5.74, 6) is 0.0260. The van der Waals surface area contributed by atoms with E-state index in [9.17, 15) is 4.79 Å². The van der Waals surface area contributed by atoms with Crippen LogP contribution < -0.4 is 0 Å². The summed E-state index contributed by atoms with van der Waals surface area (Å²) in [5.41, 5.74) is 11.3. The highest BCUT2D eigenvalue weighted by Gasteiger charge is 2.28. The van der Waals surface area contributed by atoms with Gasteiger partial charge in [-0.25, -0.2) is 4.79 Å². The van der Waals surface area contributed by atoms with Crippen LogP contribution in [0.15, 0.2) is 53.6 Å². The molecule has 1 aliphatic rings. The van der Waals surface area contributed by atoms with Crippen LogP contribution in [0.2, 0.25) is 0 Å². The molecule has 0 saturated heterocycles. The Hall–Kier alpha value is -2.49. The number of carbonyl (C=O) groups is 1. The van der Waals surface area contributed by atoms with Crippen molar-refractivity contribution in [3.63, 3.8) is 0 Å². The molecule has 3 rings (SSSR count). The molecule has 0 aliphatic heterocycles. The Morgan fingerprint density at radius 1 is 1.05 bits per heavy atom. The molecule has 0 radical (unpaired) electrons. The first-order valence-electron chi connectivity index (χ1n) is 6.03. The van der Waals surface area contributed by atoms with Gasteiger partial charge in [0.05, 0.1) is 0 Å². The first-order valence-corrected chi connectivity index (χ1v) is 6.03. The van der Waals surface area contributed by atoms with Crippen molar-refractivity contribution in [3.05, 3.63) is 59.7 Å². The molecular formula is C15H12N2O2. The standard InChI is InChI=1S/C15H12N2O2/c16-17-15(18)19-9-14-12-7-3-1-5-10(12)11-6-2-4-8-13(11)14/h1-8,14,16H,9H2. The smallest absolute Gasteiger partial charge is 0.446 e. The van der Waals surface area contributed by atoms with Gasteiger partial charge in [-0.2, -0.15) is 5.53 Å². The third kappa shape index (κ3) is 1.91. The lowest BCUT2D eigenvalue weighted by atomic mass is 9.98. The van der Waals surface area contributed by atoms with E-state index in [1.165, 1.54) is 11.1 Å². The largest absolute Gasteiger partial charge is 0.451 e. The maximum Gasteiger partial charge on any atom is 0.451 e. The fourth-order valence-corrected chi connectivity index (χ4v) is 2.63. The van der Waals surface area contributed by atoms with Gasteiger partial charge >= 0.3 is 6.09 Å². The molecule has 0 spiro atoms. The van der Waals surface area contributed by atoms with Gasteiger partial charge in [0.25, 0.3) is 0 Å². The Morgan fingerprint density at radius 2 is 1.58 bits per heavy atom. The minimum atomic E-state index is -0.845. The van der Waals surface area contributed by atoms with E-state index >= 15 is 0 Å². The number of rotatable bonds is 2. The van der Waals surface area contributed by atoms with Gasteiger partial charge in [-0.1, -0.05) is 53.6 Å². The molecule has 1 aliphatic carbocycles. The highest BCUT2D eigenvalue weighted by atomic mass is 16.5. The molecule has 19 heavy (non-hydrogen) atoms. The summed E-state index contributed by atoms with van der Waals surface area (Å²) >= 11 is 0. The van der Waals surface area contributed by atoms with Gasteiger partial charge in [-0.05, 0) is 22.3 Å². The Morgan fingerprint density at radius 3 is 2.11 bits per heavy atom. The second kappa shape index (κ2) is 4.65. The average Bonchev–Trinajstić information content (AvgIpc) is 2.79. The molecule has 1 amide bonds. The van der Waals surface area contributed by atoms with E-state index in [4.69, 9.17) is 10.3 Å². The highest BCUT2D eigenvalue weighted by molar-refractivity contribution is 5.79. The minimum Gasteiger partial charge on any atom is -0.446 e. The average molecular weight is 252 g/mol. The van der Waals surface area contributed by atoms with Gasteiger partial charge in [-0.3, -0.25) is 0 Å². The number of nitrogens with one attached hydrogen (secondary N) is 1. The number of hydrogen-bond donors (Lipinski definition) is 1. The van der Waals surface area contributed by atoms with Gasteiger partial charge in [-0.15, -0.1) is 0 Å². The SMILES string of the molecule is N=NC(=O)OCC1c2ccccc2-c2ccccc21. The van der Waals surface area contributed by atoms with Gasteiger partial charge < -0.3 is 4.74 Å². The summed E-state index contributed by atoms with van der Waals surface area (Å²) in [6.07, 6.45) is -0.845. The molecule has 0 unspecified atom stereocenters. The van der Waals surface area contributed by atoms with Crippen LogP contribution in [0, 0.1) is 5.53 Å². The molecule has 0 bridgehead atoms. The maximum atomic E-state index is 11.0. The molecule has 2 aromatic carbocycles. The molecule has 94 valence electrons. The molecule has 2 aromatic rings. The molecule has 1 N–H and O–H groups in total. The van der Waals surface area contributed by atoms with Crippen molar-refractivity contribution in [1.82, 2.24) is 0 Å². The van der Waals surface area contributed by atoms with Crippen molar-refractivity contribution in [2.24, 2.45) is 5.11 Å². The zero-order valence-corrected chi connectivity index (χ0v) is 10.2. The molecule has 0 fully saturated rings. The number of fused-ring (bicyclic) bond motifs is 3. The van der Waals surface area contributed by atoms with Crippen molar-refractivity contribution in [1.29, 1.82) is 5.53 Å². The number of carbonyl (C=O) groups excluding carboxylic acids is 1. The summed E-state index contributed by atoms with van der Waals surface area (Å²) in [4.78, 5) is 11.0. The van der Waals surface area contributed by atoms with Crippen LogP contribution in [0.5, 0.6) is 0 Å². The summed E-state index contributed by atoms with van der Waals surface area (Å²) in [6, 6.07) is 16.2. The van der Waals surface area contributed by atoms with Gasteiger partial charge in [0.15, 0.2) is 0 Å². The molecule has 4 heteroatoms. The quantitative estimate of drug-likeness (QED) is 0.822. The number of hydrogen-bond acceptors (Lipinski definition) is 3. The number of ether oxygens (including phenoxy) is 1. The van der Waals surface area contributed by atoms with Gasteiger partial charge in [0.2, 0.25) is 0 Å². The fraction of sp³-hybridized carbons (Fsp3) is 0.133. The highest BCUT2D eigenvalue weighted by Crippen LogP contribution is 2.44. The van der Waals surface area contributed by atoms with Crippen LogP contribution in [0.3, 0.4) is 0 Å².